The average Bonchev–Trinajstić information content (AvgIpc) is 2.60. The number of rotatable bonds is 7. The zero-order valence-corrected chi connectivity index (χ0v) is 15.5. The van der Waals surface area contributed by atoms with Crippen LogP contribution in [0, 0.1) is 0 Å². The van der Waals surface area contributed by atoms with Crippen molar-refractivity contribution < 1.29 is 19.1 Å². The van der Waals surface area contributed by atoms with Gasteiger partial charge in [0.05, 0.1) is 25.0 Å². The number of hydrogen-bond donors (Lipinski definition) is 3. The molecular formula is C17H18N4O5S. The van der Waals surface area contributed by atoms with Gasteiger partial charge >= 0.3 is 5.97 Å². The molecule has 0 atom stereocenters. The predicted octanol–water partition coefficient (Wildman–Crippen LogP) is 1.17. The van der Waals surface area contributed by atoms with Gasteiger partial charge in [0.25, 0.3) is 5.56 Å². The number of aromatic amines is 1. The summed E-state index contributed by atoms with van der Waals surface area (Å²) in [4.78, 5) is 52.6. The number of carbonyl (C=O) groups is 3. The monoisotopic (exact) mass is 390 g/mol. The van der Waals surface area contributed by atoms with Crippen molar-refractivity contribution in [3.05, 3.63) is 46.4 Å². The molecular weight excluding hydrogens is 372 g/mol. The van der Waals surface area contributed by atoms with Crippen molar-refractivity contribution in [3.8, 4) is 0 Å². The van der Waals surface area contributed by atoms with Gasteiger partial charge in [-0.2, -0.15) is 0 Å². The number of amides is 2. The van der Waals surface area contributed by atoms with Crippen LogP contribution in [0.25, 0.3) is 0 Å². The van der Waals surface area contributed by atoms with E-state index in [0.29, 0.717) is 11.4 Å². The Bertz CT molecular complexity index is 895. The minimum Gasteiger partial charge on any atom is -0.469 e. The Labute approximate surface area is 158 Å². The normalized spacial score (nSPS) is 10.1. The lowest BCUT2D eigenvalue weighted by Crippen LogP contribution is -2.17. The number of ether oxygens (including phenoxy) is 1. The summed E-state index contributed by atoms with van der Waals surface area (Å²) >= 11 is 1.03. The second-order valence-electron chi connectivity index (χ2n) is 5.39. The standard InChI is InChI=1S/C17H18N4O5S/c1-10(22)18-11-3-5-12(6-4-11)19-15(24)9-27-17-20-13(7-14(23)21-17)8-16(25)26-2/h3-7H,8-9H2,1-2H3,(H,18,22)(H,19,24)(H,20,21,23). The first-order chi connectivity index (χ1) is 12.9. The van der Waals surface area contributed by atoms with E-state index in [1.165, 1.54) is 20.1 Å². The van der Waals surface area contributed by atoms with Gasteiger partial charge in [-0.1, -0.05) is 11.8 Å². The van der Waals surface area contributed by atoms with Crippen LogP contribution in [-0.4, -0.2) is 40.6 Å². The van der Waals surface area contributed by atoms with Crippen LogP contribution in [0.4, 0.5) is 11.4 Å². The third kappa shape index (κ3) is 6.94. The highest BCUT2D eigenvalue weighted by atomic mass is 32.2. The van der Waals surface area contributed by atoms with Gasteiger partial charge in [-0.05, 0) is 24.3 Å². The molecule has 0 aliphatic rings. The van der Waals surface area contributed by atoms with Crippen LogP contribution >= 0.6 is 11.8 Å². The third-order valence-electron chi connectivity index (χ3n) is 3.16. The van der Waals surface area contributed by atoms with Crippen LogP contribution in [0.3, 0.4) is 0 Å². The second-order valence-corrected chi connectivity index (χ2v) is 6.35. The van der Waals surface area contributed by atoms with Crippen molar-refractivity contribution in [1.29, 1.82) is 0 Å². The zero-order valence-electron chi connectivity index (χ0n) is 14.7. The molecule has 0 fully saturated rings. The molecule has 2 amide bonds. The Kier molecular flexibility index (Phi) is 7.12. The number of nitrogens with one attached hydrogen (secondary N) is 3. The molecule has 3 N–H and O–H groups in total. The molecule has 9 nitrogen and oxygen atoms in total. The molecule has 0 radical (unpaired) electrons. The van der Waals surface area contributed by atoms with Crippen LogP contribution in [-0.2, 0) is 25.5 Å². The van der Waals surface area contributed by atoms with Crippen molar-refractivity contribution in [2.24, 2.45) is 0 Å². The van der Waals surface area contributed by atoms with E-state index in [0.717, 1.165) is 11.8 Å². The Hall–Kier alpha value is -3.14. The van der Waals surface area contributed by atoms with E-state index in [-0.39, 0.29) is 34.8 Å². The molecule has 0 spiro atoms. The largest absolute Gasteiger partial charge is 0.469 e. The van der Waals surface area contributed by atoms with Crippen molar-refractivity contribution >= 4 is 40.9 Å². The number of aromatic nitrogens is 2. The molecule has 0 aliphatic carbocycles. The Morgan fingerprint density at radius 2 is 1.78 bits per heavy atom. The third-order valence-corrected chi connectivity index (χ3v) is 4.03. The van der Waals surface area contributed by atoms with Crippen molar-refractivity contribution in [3.63, 3.8) is 0 Å². The molecule has 1 heterocycles. The molecule has 27 heavy (non-hydrogen) atoms. The maximum Gasteiger partial charge on any atom is 0.311 e. The summed E-state index contributed by atoms with van der Waals surface area (Å²) < 4.78 is 4.54. The molecule has 0 saturated heterocycles. The molecule has 0 saturated carbocycles. The molecule has 0 aliphatic heterocycles. The summed E-state index contributed by atoms with van der Waals surface area (Å²) in [5.41, 5.74) is 1.04. The highest BCUT2D eigenvalue weighted by molar-refractivity contribution is 7.99. The molecule has 1 aromatic carbocycles. The zero-order chi connectivity index (χ0) is 19.8. The summed E-state index contributed by atoms with van der Waals surface area (Å²) in [7, 11) is 1.25. The van der Waals surface area contributed by atoms with Gasteiger partial charge < -0.3 is 20.4 Å². The van der Waals surface area contributed by atoms with E-state index >= 15 is 0 Å². The fraction of sp³-hybridized carbons (Fsp3) is 0.235. The number of benzene rings is 1. The SMILES string of the molecule is COC(=O)Cc1cc(=O)[nH]c(SCC(=O)Nc2ccc(NC(C)=O)cc2)n1. The van der Waals surface area contributed by atoms with Gasteiger partial charge in [0.1, 0.15) is 0 Å². The maximum absolute atomic E-state index is 12.0. The van der Waals surface area contributed by atoms with Gasteiger partial charge in [-0.3, -0.25) is 19.2 Å². The highest BCUT2D eigenvalue weighted by Crippen LogP contribution is 2.16. The lowest BCUT2D eigenvalue weighted by atomic mass is 10.3. The second kappa shape index (κ2) is 9.53. The van der Waals surface area contributed by atoms with Crippen LogP contribution < -0.4 is 16.2 Å². The van der Waals surface area contributed by atoms with E-state index in [9.17, 15) is 19.2 Å². The van der Waals surface area contributed by atoms with Crippen LogP contribution in [0.1, 0.15) is 12.6 Å². The van der Waals surface area contributed by atoms with Crippen LogP contribution in [0.5, 0.6) is 0 Å². The number of hydrogen-bond acceptors (Lipinski definition) is 7. The molecule has 0 bridgehead atoms. The minimum atomic E-state index is -0.510. The summed E-state index contributed by atoms with van der Waals surface area (Å²) in [6.07, 6.45) is -0.124. The highest BCUT2D eigenvalue weighted by Gasteiger charge is 2.10. The molecule has 2 aromatic rings. The molecule has 142 valence electrons. The van der Waals surface area contributed by atoms with Gasteiger partial charge in [0.2, 0.25) is 11.8 Å². The number of carbonyl (C=O) groups excluding carboxylic acids is 3. The first-order valence-corrected chi connectivity index (χ1v) is 8.81. The fourth-order valence-electron chi connectivity index (χ4n) is 2.03. The van der Waals surface area contributed by atoms with E-state index < -0.39 is 11.5 Å². The van der Waals surface area contributed by atoms with Gasteiger partial charge in [-0.25, -0.2) is 4.98 Å². The number of esters is 1. The summed E-state index contributed by atoms with van der Waals surface area (Å²) in [5.74, 6) is -0.977. The number of methoxy groups -OCH3 is 1. The van der Waals surface area contributed by atoms with Gasteiger partial charge in [-0.15, -0.1) is 0 Å². The van der Waals surface area contributed by atoms with E-state index in [2.05, 4.69) is 25.3 Å². The smallest absolute Gasteiger partial charge is 0.311 e. The summed E-state index contributed by atoms with van der Waals surface area (Å²) in [6, 6.07) is 7.85. The van der Waals surface area contributed by atoms with Crippen molar-refractivity contribution in [2.75, 3.05) is 23.5 Å². The van der Waals surface area contributed by atoms with Gasteiger partial charge in [0.15, 0.2) is 5.16 Å². The fourth-order valence-corrected chi connectivity index (χ4v) is 2.73. The first-order valence-electron chi connectivity index (χ1n) is 7.83. The molecule has 1 aromatic heterocycles. The number of anilines is 2. The lowest BCUT2D eigenvalue weighted by molar-refractivity contribution is -0.139. The summed E-state index contributed by atoms with van der Waals surface area (Å²) in [5, 5.41) is 5.56. The lowest BCUT2D eigenvalue weighted by Gasteiger charge is -2.07. The van der Waals surface area contributed by atoms with Crippen molar-refractivity contribution in [1.82, 2.24) is 9.97 Å². The van der Waals surface area contributed by atoms with Crippen molar-refractivity contribution in [2.45, 2.75) is 18.5 Å². The summed E-state index contributed by atoms with van der Waals surface area (Å²) in [6.45, 7) is 1.41. The van der Waals surface area contributed by atoms with Crippen LogP contribution in [0.15, 0.2) is 40.3 Å². The topological polar surface area (TPSA) is 130 Å². The number of thioether (sulfide) groups is 1. The number of H-pyrrole nitrogens is 1. The average molecular weight is 390 g/mol. The van der Waals surface area contributed by atoms with E-state index in [1.807, 2.05) is 0 Å². The molecule has 10 heteroatoms. The molecule has 0 unspecified atom stereocenters. The Morgan fingerprint density at radius 3 is 2.37 bits per heavy atom. The van der Waals surface area contributed by atoms with Gasteiger partial charge in [0, 0.05) is 24.4 Å². The quantitative estimate of drug-likeness (QED) is 0.367. The first kappa shape index (κ1) is 20.2. The molecule has 2 rings (SSSR count). The van der Waals surface area contributed by atoms with E-state index in [1.54, 1.807) is 24.3 Å². The Morgan fingerprint density at radius 1 is 1.15 bits per heavy atom. The minimum absolute atomic E-state index is 0.0120. The number of nitrogens with zero attached hydrogens (tertiary/aromatic N) is 1. The van der Waals surface area contributed by atoms with E-state index in [4.69, 9.17) is 0 Å². The Balaban J connectivity index is 1.92. The maximum atomic E-state index is 12.0. The predicted molar refractivity (Wildman–Crippen MR) is 101 cm³/mol. The van der Waals surface area contributed by atoms with Crippen LogP contribution in [0.2, 0.25) is 0 Å².